The highest BCUT2D eigenvalue weighted by Gasteiger charge is 1.92. The number of pyridine rings is 1. The summed E-state index contributed by atoms with van der Waals surface area (Å²) in [6, 6.07) is 9.93. The van der Waals surface area contributed by atoms with Crippen molar-refractivity contribution in [3.05, 3.63) is 42.2 Å². The quantitative estimate of drug-likeness (QED) is 0.588. The number of hydrogen-bond acceptors (Lipinski definition) is 1. The summed E-state index contributed by atoms with van der Waals surface area (Å²) in [5.74, 6) is 2.51. The van der Waals surface area contributed by atoms with Crippen molar-refractivity contribution in [1.29, 1.82) is 0 Å². The van der Waals surface area contributed by atoms with E-state index in [9.17, 15) is 0 Å². The molecular weight excluding hydrogens is 182 g/mol. The lowest BCUT2D eigenvalue weighted by molar-refractivity contribution is 1.09. The van der Waals surface area contributed by atoms with Gasteiger partial charge in [0.2, 0.25) is 0 Å². The molecule has 0 N–H and O–H groups in total. The Bertz CT molecular complexity index is 466. The van der Waals surface area contributed by atoms with Crippen molar-refractivity contribution in [3.63, 3.8) is 0 Å². The Hall–Kier alpha value is -1.81. The molecule has 0 unspecified atom stereocenters. The van der Waals surface area contributed by atoms with Crippen LogP contribution in [0, 0.1) is 12.3 Å². The molecule has 2 aromatic rings. The monoisotopic (exact) mass is 197 g/mol. The number of rotatable bonds is 0. The van der Waals surface area contributed by atoms with Crippen molar-refractivity contribution in [2.45, 2.75) is 20.3 Å². The van der Waals surface area contributed by atoms with Gasteiger partial charge < -0.3 is 0 Å². The molecule has 1 aromatic heterocycles. The SMILES string of the molecule is C#Cc1cc2ccccc2cn1.CCC. The zero-order valence-electron chi connectivity index (χ0n) is 9.20. The average Bonchev–Trinajstić information content (AvgIpc) is 2.29. The number of nitrogens with zero attached hydrogens (tertiary/aromatic N) is 1. The Kier molecular flexibility index (Phi) is 4.37. The van der Waals surface area contributed by atoms with Gasteiger partial charge in [-0.05, 0) is 11.5 Å². The first-order chi connectivity index (χ1) is 7.31. The molecular formula is C14H15N. The minimum atomic E-state index is 0.689. The predicted molar refractivity (Wildman–Crippen MR) is 65.6 cm³/mol. The van der Waals surface area contributed by atoms with Crippen LogP contribution in [-0.4, -0.2) is 4.98 Å². The maximum atomic E-state index is 5.23. The lowest BCUT2D eigenvalue weighted by atomic mass is 10.1. The lowest BCUT2D eigenvalue weighted by Gasteiger charge is -1.95. The maximum Gasteiger partial charge on any atom is 0.113 e. The summed E-state index contributed by atoms with van der Waals surface area (Å²) < 4.78 is 0. The number of benzene rings is 1. The second-order valence-electron chi connectivity index (χ2n) is 3.27. The highest BCUT2D eigenvalue weighted by Crippen LogP contribution is 2.12. The molecule has 1 aromatic carbocycles. The molecule has 15 heavy (non-hydrogen) atoms. The molecule has 0 aliphatic heterocycles. The summed E-state index contributed by atoms with van der Waals surface area (Å²) in [5, 5.41) is 2.26. The molecule has 1 heterocycles. The third-order valence-electron chi connectivity index (χ3n) is 1.78. The first kappa shape index (κ1) is 11.3. The number of hydrogen-bond donors (Lipinski definition) is 0. The third-order valence-corrected chi connectivity index (χ3v) is 1.78. The largest absolute Gasteiger partial charge is 0.247 e. The summed E-state index contributed by atoms with van der Waals surface area (Å²) in [7, 11) is 0. The first-order valence-corrected chi connectivity index (χ1v) is 5.13. The standard InChI is InChI=1S/C11H7N.C3H8/c1-2-11-7-9-5-3-4-6-10(9)8-12-11;1-3-2/h1,3-8H;3H2,1-2H3. The second-order valence-corrected chi connectivity index (χ2v) is 3.27. The van der Waals surface area contributed by atoms with Crippen molar-refractivity contribution in [2.75, 3.05) is 0 Å². The Morgan fingerprint density at radius 2 is 1.80 bits per heavy atom. The minimum Gasteiger partial charge on any atom is -0.247 e. The van der Waals surface area contributed by atoms with Crippen LogP contribution >= 0.6 is 0 Å². The van der Waals surface area contributed by atoms with Crippen LogP contribution in [0.3, 0.4) is 0 Å². The summed E-state index contributed by atoms with van der Waals surface area (Å²) >= 11 is 0. The van der Waals surface area contributed by atoms with E-state index in [4.69, 9.17) is 6.42 Å². The van der Waals surface area contributed by atoms with E-state index in [1.165, 1.54) is 6.42 Å². The van der Waals surface area contributed by atoms with Crippen LogP contribution in [0.1, 0.15) is 26.0 Å². The van der Waals surface area contributed by atoms with E-state index in [0.717, 1.165) is 10.8 Å². The van der Waals surface area contributed by atoms with Crippen LogP contribution in [-0.2, 0) is 0 Å². The summed E-state index contributed by atoms with van der Waals surface area (Å²) in [5.41, 5.74) is 0.689. The Morgan fingerprint density at radius 3 is 2.40 bits per heavy atom. The molecule has 0 atom stereocenters. The van der Waals surface area contributed by atoms with Gasteiger partial charge in [0.1, 0.15) is 5.69 Å². The van der Waals surface area contributed by atoms with Gasteiger partial charge in [-0.25, -0.2) is 4.98 Å². The summed E-state index contributed by atoms with van der Waals surface area (Å²) in [6.07, 6.45) is 8.27. The highest BCUT2D eigenvalue weighted by atomic mass is 14.7. The lowest BCUT2D eigenvalue weighted by Crippen LogP contribution is -1.81. The van der Waals surface area contributed by atoms with Crippen molar-refractivity contribution in [3.8, 4) is 12.3 Å². The fraction of sp³-hybridized carbons (Fsp3) is 0.214. The smallest absolute Gasteiger partial charge is 0.113 e. The van der Waals surface area contributed by atoms with E-state index < -0.39 is 0 Å². The van der Waals surface area contributed by atoms with Crippen molar-refractivity contribution in [1.82, 2.24) is 4.98 Å². The van der Waals surface area contributed by atoms with Crippen LogP contribution in [0.25, 0.3) is 10.8 Å². The fourth-order valence-electron chi connectivity index (χ4n) is 1.16. The normalized spacial score (nSPS) is 8.87. The summed E-state index contributed by atoms with van der Waals surface area (Å²) in [6.45, 7) is 4.25. The van der Waals surface area contributed by atoms with E-state index in [2.05, 4.69) is 24.8 Å². The van der Waals surface area contributed by atoms with Crippen LogP contribution in [0.4, 0.5) is 0 Å². The van der Waals surface area contributed by atoms with Gasteiger partial charge in [0.15, 0.2) is 0 Å². The zero-order valence-corrected chi connectivity index (χ0v) is 9.20. The topological polar surface area (TPSA) is 12.9 Å². The van der Waals surface area contributed by atoms with E-state index in [0.29, 0.717) is 5.69 Å². The molecule has 76 valence electrons. The van der Waals surface area contributed by atoms with E-state index in [1.54, 1.807) is 6.20 Å². The van der Waals surface area contributed by atoms with Crippen LogP contribution in [0.15, 0.2) is 36.5 Å². The van der Waals surface area contributed by atoms with Gasteiger partial charge in [-0.15, -0.1) is 6.42 Å². The van der Waals surface area contributed by atoms with Gasteiger partial charge in [0.05, 0.1) is 0 Å². The highest BCUT2D eigenvalue weighted by molar-refractivity contribution is 5.82. The van der Waals surface area contributed by atoms with E-state index in [-0.39, 0.29) is 0 Å². The predicted octanol–water partition coefficient (Wildman–Crippen LogP) is 3.63. The van der Waals surface area contributed by atoms with E-state index in [1.807, 2.05) is 30.3 Å². The molecule has 0 aliphatic rings. The number of terminal acetylenes is 1. The average molecular weight is 197 g/mol. The van der Waals surface area contributed by atoms with Gasteiger partial charge >= 0.3 is 0 Å². The molecule has 0 bridgehead atoms. The molecule has 1 heteroatoms. The van der Waals surface area contributed by atoms with Crippen molar-refractivity contribution in [2.24, 2.45) is 0 Å². The second kappa shape index (κ2) is 5.82. The van der Waals surface area contributed by atoms with Crippen LogP contribution < -0.4 is 0 Å². The summed E-state index contributed by atoms with van der Waals surface area (Å²) in [4.78, 5) is 4.09. The van der Waals surface area contributed by atoms with Gasteiger partial charge in [-0.2, -0.15) is 0 Å². The molecule has 1 nitrogen and oxygen atoms in total. The van der Waals surface area contributed by atoms with Gasteiger partial charge in [-0.1, -0.05) is 50.5 Å². The van der Waals surface area contributed by atoms with Crippen LogP contribution in [0.5, 0.6) is 0 Å². The van der Waals surface area contributed by atoms with Gasteiger partial charge in [0, 0.05) is 11.6 Å². The third kappa shape index (κ3) is 3.11. The molecule has 0 aliphatic carbocycles. The molecule has 0 saturated carbocycles. The Balaban J connectivity index is 0.000000337. The van der Waals surface area contributed by atoms with Gasteiger partial charge in [0.25, 0.3) is 0 Å². The molecule has 0 radical (unpaired) electrons. The van der Waals surface area contributed by atoms with Crippen LogP contribution in [0.2, 0.25) is 0 Å². The number of aromatic nitrogens is 1. The molecule has 2 rings (SSSR count). The van der Waals surface area contributed by atoms with Crippen molar-refractivity contribution < 1.29 is 0 Å². The Labute approximate surface area is 91.2 Å². The van der Waals surface area contributed by atoms with E-state index >= 15 is 0 Å². The fourth-order valence-corrected chi connectivity index (χ4v) is 1.16. The molecule has 0 spiro atoms. The zero-order chi connectivity index (χ0) is 11.1. The minimum absolute atomic E-state index is 0.689. The van der Waals surface area contributed by atoms with Crippen molar-refractivity contribution >= 4 is 10.8 Å². The Morgan fingerprint density at radius 1 is 1.20 bits per heavy atom. The molecule has 0 saturated heterocycles. The maximum absolute atomic E-state index is 5.23. The number of fused-ring (bicyclic) bond motifs is 1. The first-order valence-electron chi connectivity index (χ1n) is 5.13. The van der Waals surface area contributed by atoms with Gasteiger partial charge in [-0.3, -0.25) is 0 Å². The molecule has 0 fully saturated rings. The molecule has 0 amide bonds.